The Labute approximate surface area is 187 Å². The number of aromatic nitrogens is 1. The molecule has 5 aromatic rings. The molecule has 1 heterocycles. The van der Waals surface area contributed by atoms with Crippen molar-refractivity contribution in [3.63, 3.8) is 0 Å². The van der Waals surface area contributed by atoms with Gasteiger partial charge < -0.3 is 9.30 Å². The Balaban J connectivity index is 1.60. The van der Waals surface area contributed by atoms with E-state index in [0.29, 0.717) is 6.54 Å². The second-order valence-electron chi connectivity index (χ2n) is 7.94. The van der Waals surface area contributed by atoms with E-state index in [0.717, 1.165) is 44.7 Å². The molecule has 0 amide bonds. The van der Waals surface area contributed by atoms with Gasteiger partial charge in [0.2, 0.25) is 0 Å². The highest BCUT2D eigenvalue weighted by Crippen LogP contribution is 2.28. The predicted octanol–water partition coefficient (Wildman–Crippen LogP) is 6.82. The first kappa shape index (κ1) is 19.8. The molecule has 0 aliphatic carbocycles. The Hall–Kier alpha value is -4.11. The number of hydrogen-bond acceptors (Lipinski definition) is 2. The van der Waals surface area contributed by atoms with Crippen LogP contribution in [0.2, 0.25) is 0 Å². The maximum absolute atomic E-state index is 13.5. The van der Waals surface area contributed by atoms with Crippen LogP contribution in [-0.4, -0.2) is 4.57 Å². The van der Waals surface area contributed by atoms with Gasteiger partial charge in [-0.1, -0.05) is 66.2 Å². The summed E-state index contributed by atoms with van der Waals surface area (Å²) in [5.41, 5.74) is 4.11. The number of aryl methyl sites for hydroxylation is 1. The Morgan fingerprint density at radius 3 is 2.09 bits per heavy atom. The fraction of sp³-hybridized carbons (Fsp3) is 0.0690. The quantitative estimate of drug-likeness (QED) is 0.314. The van der Waals surface area contributed by atoms with Crippen molar-refractivity contribution in [3.05, 3.63) is 131 Å². The molecule has 4 aromatic carbocycles. The third-order valence-electron chi connectivity index (χ3n) is 5.58. The van der Waals surface area contributed by atoms with Gasteiger partial charge in [-0.05, 0) is 72.0 Å². The molecule has 3 nitrogen and oxygen atoms in total. The van der Waals surface area contributed by atoms with Gasteiger partial charge in [0.25, 0.3) is 5.56 Å². The second-order valence-corrected chi connectivity index (χ2v) is 7.94. The van der Waals surface area contributed by atoms with Crippen LogP contribution >= 0.6 is 0 Å². The average molecular weight is 418 g/mol. The highest BCUT2D eigenvalue weighted by molar-refractivity contribution is 5.86. The van der Waals surface area contributed by atoms with E-state index in [1.54, 1.807) is 0 Å². The third kappa shape index (κ3) is 4.06. The molecule has 3 heteroatoms. The van der Waals surface area contributed by atoms with Crippen molar-refractivity contribution in [2.75, 3.05) is 0 Å². The first-order valence-corrected chi connectivity index (χ1v) is 10.7. The summed E-state index contributed by atoms with van der Waals surface area (Å²) in [6.07, 6.45) is 0. The van der Waals surface area contributed by atoms with Crippen molar-refractivity contribution >= 4 is 10.8 Å². The first-order chi connectivity index (χ1) is 15.7. The molecule has 156 valence electrons. The van der Waals surface area contributed by atoms with Crippen LogP contribution in [-0.2, 0) is 6.54 Å². The standard InChI is InChI=1S/C29H23NO2/c1-21-12-17-27-24(18-21)19-28(30(29(27)31)20-22-8-4-2-5-9-22)23-13-15-26(16-14-23)32-25-10-6-3-7-11-25/h2-19H,20H2,1H3. The molecule has 0 saturated heterocycles. The molecule has 0 atom stereocenters. The Bertz CT molecular complexity index is 1420. The van der Waals surface area contributed by atoms with Crippen molar-refractivity contribution in [2.24, 2.45) is 0 Å². The SMILES string of the molecule is Cc1ccc2c(=O)n(Cc3ccccc3)c(-c3ccc(Oc4ccccc4)cc3)cc2c1. The van der Waals surface area contributed by atoms with E-state index in [-0.39, 0.29) is 5.56 Å². The summed E-state index contributed by atoms with van der Waals surface area (Å²) in [5, 5.41) is 1.69. The average Bonchev–Trinajstić information content (AvgIpc) is 2.82. The van der Waals surface area contributed by atoms with E-state index in [1.165, 1.54) is 0 Å². The van der Waals surface area contributed by atoms with Crippen molar-refractivity contribution < 1.29 is 4.74 Å². The van der Waals surface area contributed by atoms with Crippen LogP contribution in [0.1, 0.15) is 11.1 Å². The van der Waals surface area contributed by atoms with Gasteiger partial charge in [-0.15, -0.1) is 0 Å². The molecule has 1 aromatic heterocycles. The summed E-state index contributed by atoms with van der Waals surface area (Å²) in [6, 6.07) is 35.8. The van der Waals surface area contributed by atoms with Crippen molar-refractivity contribution in [1.29, 1.82) is 0 Å². The lowest BCUT2D eigenvalue weighted by Crippen LogP contribution is -2.22. The van der Waals surface area contributed by atoms with Gasteiger partial charge in [-0.3, -0.25) is 4.79 Å². The minimum Gasteiger partial charge on any atom is -0.457 e. The molecule has 0 saturated carbocycles. The fourth-order valence-electron chi connectivity index (χ4n) is 3.96. The zero-order valence-corrected chi connectivity index (χ0v) is 17.9. The Morgan fingerprint density at radius 1 is 0.719 bits per heavy atom. The lowest BCUT2D eigenvalue weighted by atomic mass is 10.0. The number of para-hydroxylation sites is 1. The molecule has 0 radical (unpaired) electrons. The van der Waals surface area contributed by atoms with Crippen LogP contribution < -0.4 is 10.3 Å². The summed E-state index contributed by atoms with van der Waals surface area (Å²) in [6.45, 7) is 2.56. The monoisotopic (exact) mass is 417 g/mol. The topological polar surface area (TPSA) is 31.2 Å². The molecular formula is C29H23NO2. The van der Waals surface area contributed by atoms with E-state index in [4.69, 9.17) is 4.74 Å². The van der Waals surface area contributed by atoms with Crippen molar-refractivity contribution in [3.8, 4) is 22.8 Å². The van der Waals surface area contributed by atoms with Gasteiger partial charge in [-0.25, -0.2) is 0 Å². The lowest BCUT2D eigenvalue weighted by molar-refractivity contribution is 0.483. The number of nitrogens with zero attached hydrogens (tertiary/aromatic N) is 1. The Morgan fingerprint density at radius 2 is 1.38 bits per heavy atom. The molecule has 0 N–H and O–H groups in total. The number of hydrogen-bond donors (Lipinski definition) is 0. The number of fused-ring (bicyclic) bond motifs is 1. The normalized spacial score (nSPS) is 10.9. The molecule has 0 aliphatic heterocycles. The number of benzene rings is 4. The van der Waals surface area contributed by atoms with Crippen LogP contribution in [0.5, 0.6) is 11.5 Å². The van der Waals surface area contributed by atoms with Gasteiger partial charge in [0, 0.05) is 5.39 Å². The van der Waals surface area contributed by atoms with Gasteiger partial charge in [0.1, 0.15) is 11.5 Å². The molecule has 32 heavy (non-hydrogen) atoms. The lowest BCUT2D eigenvalue weighted by Gasteiger charge is -2.16. The van der Waals surface area contributed by atoms with E-state index >= 15 is 0 Å². The summed E-state index contributed by atoms with van der Waals surface area (Å²) < 4.78 is 7.80. The van der Waals surface area contributed by atoms with Crippen LogP contribution in [0.15, 0.2) is 114 Å². The minimum absolute atomic E-state index is 0.0194. The first-order valence-electron chi connectivity index (χ1n) is 10.7. The van der Waals surface area contributed by atoms with Gasteiger partial charge in [-0.2, -0.15) is 0 Å². The summed E-state index contributed by atoms with van der Waals surface area (Å²) in [4.78, 5) is 13.5. The molecule has 5 rings (SSSR count). The number of rotatable bonds is 5. The maximum Gasteiger partial charge on any atom is 0.259 e. The second kappa shape index (κ2) is 8.56. The van der Waals surface area contributed by atoms with Gasteiger partial charge >= 0.3 is 0 Å². The van der Waals surface area contributed by atoms with Crippen LogP contribution in [0, 0.1) is 6.92 Å². The molecule has 0 unspecified atom stereocenters. The fourth-order valence-corrected chi connectivity index (χ4v) is 3.96. The van der Waals surface area contributed by atoms with Crippen molar-refractivity contribution in [1.82, 2.24) is 4.57 Å². The zero-order valence-electron chi connectivity index (χ0n) is 17.9. The summed E-state index contributed by atoms with van der Waals surface area (Å²) in [5.74, 6) is 1.55. The Kier molecular flexibility index (Phi) is 5.30. The highest BCUT2D eigenvalue weighted by atomic mass is 16.5. The van der Waals surface area contributed by atoms with Gasteiger partial charge in [0.15, 0.2) is 0 Å². The summed E-state index contributed by atoms with van der Waals surface area (Å²) >= 11 is 0. The number of ether oxygens (including phenoxy) is 1. The van der Waals surface area contributed by atoms with Crippen LogP contribution in [0.25, 0.3) is 22.0 Å². The van der Waals surface area contributed by atoms with E-state index < -0.39 is 0 Å². The molecule has 0 aliphatic rings. The highest BCUT2D eigenvalue weighted by Gasteiger charge is 2.12. The van der Waals surface area contributed by atoms with E-state index in [1.807, 2.05) is 109 Å². The molecule has 0 bridgehead atoms. The van der Waals surface area contributed by atoms with E-state index in [9.17, 15) is 4.79 Å². The molecule has 0 fully saturated rings. The predicted molar refractivity (Wildman–Crippen MR) is 130 cm³/mol. The van der Waals surface area contributed by atoms with Crippen LogP contribution in [0.3, 0.4) is 0 Å². The number of pyridine rings is 1. The maximum atomic E-state index is 13.5. The smallest absolute Gasteiger partial charge is 0.259 e. The molecule has 0 spiro atoms. The summed E-state index contributed by atoms with van der Waals surface area (Å²) in [7, 11) is 0. The van der Waals surface area contributed by atoms with E-state index in [2.05, 4.69) is 12.1 Å². The largest absolute Gasteiger partial charge is 0.457 e. The minimum atomic E-state index is 0.0194. The van der Waals surface area contributed by atoms with Gasteiger partial charge in [0.05, 0.1) is 12.2 Å². The zero-order chi connectivity index (χ0) is 21.9. The molecular weight excluding hydrogens is 394 g/mol. The van der Waals surface area contributed by atoms with Crippen LogP contribution in [0.4, 0.5) is 0 Å². The van der Waals surface area contributed by atoms with Crippen molar-refractivity contribution in [2.45, 2.75) is 13.5 Å². The third-order valence-corrected chi connectivity index (χ3v) is 5.58.